The van der Waals surface area contributed by atoms with Crippen molar-refractivity contribution >= 4 is 190 Å². The van der Waals surface area contributed by atoms with E-state index in [2.05, 4.69) is 488 Å². The maximum Gasteiger partial charge on any atom is 0.143 e. The third kappa shape index (κ3) is 12.5. The molecule has 0 radical (unpaired) electrons. The molecule has 5 aromatic heterocycles. The molecule has 1 atom stereocenters. The van der Waals surface area contributed by atoms with Crippen molar-refractivity contribution in [3.8, 4) is 67.1 Å². The number of rotatable bonds is 16. The van der Waals surface area contributed by atoms with Gasteiger partial charge in [0.25, 0.3) is 0 Å². The molecule has 0 saturated heterocycles. The van der Waals surface area contributed by atoms with Gasteiger partial charge in [0.05, 0.1) is 22.5 Å². The molecule has 1 spiro atoms. The molecule has 21 aromatic carbocycles. The SMILES string of the molecule is c1ccc(-c2cc(N(c3ccccc3)c3ccc4c(c3)Oc3cc(N(c5ccccc5)c5cc(-c6ccccc6)cc6sc7ccccc7c56)ccc3C43c4ccc(C(c5ccccc5)c5cc(-c6cccc7c6oc6ccccc67)c6sc7ccccc7c6c5)cc4-c4c(N(c5ccccc5)c5cc(-c6ccccc6)c6oc7ccccc7c6c5)cccc43)c3c(c2)sc2ccccc23)cc1. The van der Waals surface area contributed by atoms with Crippen LogP contribution in [-0.2, 0) is 5.41 Å². The van der Waals surface area contributed by atoms with E-state index < -0.39 is 5.41 Å². The van der Waals surface area contributed by atoms with Gasteiger partial charge in [0, 0.05) is 168 Å². The molecule has 28 rings (SSSR count). The summed E-state index contributed by atoms with van der Waals surface area (Å²) in [6.45, 7) is 0. The highest BCUT2D eigenvalue weighted by Gasteiger charge is 2.53. The summed E-state index contributed by atoms with van der Waals surface area (Å²) >= 11 is 5.55. The van der Waals surface area contributed by atoms with E-state index in [9.17, 15) is 0 Å². The van der Waals surface area contributed by atoms with Gasteiger partial charge < -0.3 is 28.3 Å². The molecule has 0 saturated carbocycles. The molecule has 1 unspecified atom stereocenters. The zero-order valence-electron chi connectivity index (χ0n) is 73.9. The van der Waals surface area contributed by atoms with E-state index in [1.54, 1.807) is 0 Å². The maximum atomic E-state index is 8.28. The maximum absolute atomic E-state index is 8.28. The summed E-state index contributed by atoms with van der Waals surface area (Å²) in [7, 11) is 0. The normalized spacial score (nSPS) is 12.8. The Morgan fingerprint density at radius 1 is 0.219 bits per heavy atom. The summed E-state index contributed by atoms with van der Waals surface area (Å²) in [5, 5.41) is 11.4. The van der Waals surface area contributed by atoms with Crippen molar-refractivity contribution in [1.82, 2.24) is 0 Å². The Balaban J connectivity index is 0.749. The van der Waals surface area contributed by atoms with E-state index in [-0.39, 0.29) is 5.92 Å². The fourth-order valence-electron chi connectivity index (χ4n) is 22.5. The van der Waals surface area contributed by atoms with Crippen molar-refractivity contribution in [1.29, 1.82) is 0 Å². The average Bonchev–Trinajstić information content (AvgIpc) is 1.51. The zero-order chi connectivity index (χ0) is 89.9. The minimum atomic E-state index is -1.11. The summed E-state index contributed by atoms with van der Waals surface area (Å²) in [5.41, 5.74) is 29.9. The van der Waals surface area contributed by atoms with Gasteiger partial charge in [-0.2, -0.15) is 0 Å². The van der Waals surface area contributed by atoms with E-state index in [1.807, 2.05) is 34.0 Å². The van der Waals surface area contributed by atoms with Crippen LogP contribution in [0.3, 0.4) is 0 Å². The van der Waals surface area contributed by atoms with Crippen LogP contribution in [0.15, 0.2) is 482 Å². The number of furan rings is 2. The number of thiophene rings is 3. The summed E-state index contributed by atoms with van der Waals surface area (Å²) in [6, 6.07) is 175. The van der Waals surface area contributed by atoms with Crippen LogP contribution >= 0.6 is 34.0 Å². The van der Waals surface area contributed by atoms with Crippen molar-refractivity contribution in [3.63, 3.8) is 0 Å². The van der Waals surface area contributed by atoms with Gasteiger partial charge in [-0.15, -0.1) is 34.0 Å². The Labute approximate surface area is 802 Å². The summed E-state index contributed by atoms with van der Waals surface area (Å²) < 4.78 is 29.7. The zero-order valence-corrected chi connectivity index (χ0v) is 76.4. The number of benzene rings is 21. The number of para-hydroxylation sites is 6. The summed E-state index contributed by atoms with van der Waals surface area (Å²) in [5.74, 6) is 1.14. The summed E-state index contributed by atoms with van der Waals surface area (Å²) in [6.07, 6.45) is 0. The van der Waals surface area contributed by atoms with Crippen LogP contribution < -0.4 is 19.4 Å². The van der Waals surface area contributed by atoms with Gasteiger partial charge in [-0.1, -0.05) is 322 Å². The molecular weight excluding hydrogens is 1720 g/mol. The molecule has 0 N–H and O–H groups in total. The lowest BCUT2D eigenvalue weighted by atomic mass is 9.65. The number of nitrogens with zero attached hydrogens (tertiary/aromatic N) is 3. The van der Waals surface area contributed by atoms with Crippen LogP contribution in [0.4, 0.5) is 51.2 Å². The molecule has 2 aliphatic rings. The molecule has 642 valence electrons. The highest BCUT2D eigenvalue weighted by atomic mass is 32.1. The van der Waals surface area contributed by atoms with E-state index in [1.165, 1.54) is 60.5 Å². The first-order chi connectivity index (χ1) is 67.9. The third-order valence-corrected chi connectivity index (χ3v) is 31.8. The number of ether oxygens (including phenoxy) is 1. The van der Waals surface area contributed by atoms with Crippen molar-refractivity contribution in [2.75, 3.05) is 14.7 Å². The molecule has 6 heterocycles. The molecule has 6 nitrogen and oxygen atoms in total. The molecule has 0 amide bonds. The number of fused-ring (bicyclic) bond motifs is 24. The minimum absolute atomic E-state index is 0.312. The minimum Gasteiger partial charge on any atom is -0.457 e. The van der Waals surface area contributed by atoms with E-state index >= 15 is 0 Å². The Morgan fingerprint density at radius 3 is 1.23 bits per heavy atom. The number of anilines is 9. The molecule has 1 aliphatic heterocycles. The van der Waals surface area contributed by atoms with Crippen molar-refractivity contribution < 1.29 is 13.6 Å². The fraction of sp³-hybridized carbons (Fsp3) is 0.0156. The van der Waals surface area contributed by atoms with Gasteiger partial charge in [0.2, 0.25) is 0 Å². The van der Waals surface area contributed by atoms with Crippen LogP contribution in [0.1, 0.15) is 44.9 Å². The van der Waals surface area contributed by atoms with E-state index in [4.69, 9.17) is 13.6 Å². The van der Waals surface area contributed by atoms with Crippen LogP contribution in [0, 0.1) is 0 Å². The van der Waals surface area contributed by atoms with Gasteiger partial charge in [0.15, 0.2) is 0 Å². The Hall–Kier alpha value is -16.9. The Morgan fingerprint density at radius 2 is 0.664 bits per heavy atom. The Bertz CT molecular complexity index is 9100. The summed E-state index contributed by atoms with van der Waals surface area (Å²) in [4.78, 5) is 7.49. The highest BCUT2D eigenvalue weighted by Crippen LogP contribution is 2.67. The molecular formula is C128H79N3O3S3. The fourth-order valence-corrected chi connectivity index (χ4v) is 26.0. The monoisotopic (exact) mass is 1800 g/mol. The quantitative estimate of drug-likeness (QED) is 0.0899. The molecule has 137 heavy (non-hydrogen) atoms. The van der Waals surface area contributed by atoms with Crippen LogP contribution in [0.25, 0.3) is 160 Å². The van der Waals surface area contributed by atoms with Crippen LogP contribution in [0.2, 0.25) is 0 Å². The van der Waals surface area contributed by atoms with Gasteiger partial charge in [-0.05, 0) is 201 Å². The largest absolute Gasteiger partial charge is 0.457 e. The van der Waals surface area contributed by atoms with Gasteiger partial charge >= 0.3 is 0 Å². The van der Waals surface area contributed by atoms with Crippen molar-refractivity contribution in [3.05, 3.63) is 512 Å². The van der Waals surface area contributed by atoms with Crippen LogP contribution in [-0.4, -0.2) is 0 Å². The molecule has 1 aliphatic carbocycles. The molecule has 26 aromatic rings. The van der Waals surface area contributed by atoms with E-state index in [0.717, 1.165) is 201 Å². The lowest BCUT2D eigenvalue weighted by Crippen LogP contribution is -2.32. The first-order valence-electron chi connectivity index (χ1n) is 46.7. The number of hydrogen-bond donors (Lipinski definition) is 0. The topological polar surface area (TPSA) is 45.2 Å². The lowest BCUT2D eigenvalue weighted by Gasteiger charge is -2.41. The molecule has 0 bridgehead atoms. The van der Waals surface area contributed by atoms with Gasteiger partial charge in [-0.3, -0.25) is 0 Å². The van der Waals surface area contributed by atoms with Gasteiger partial charge in [-0.25, -0.2) is 0 Å². The smallest absolute Gasteiger partial charge is 0.143 e. The predicted octanol–water partition coefficient (Wildman–Crippen LogP) is 37.3. The predicted molar refractivity (Wildman–Crippen MR) is 577 cm³/mol. The first-order valence-corrected chi connectivity index (χ1v) is 49.1. The second-order valence-corrected chi connectivity index (χ2v) is 39.1. The average molecular weight is 1800 g/mol. The third-order valence-electron chi connectivity index (χ3n) is 28.3. The van der Waals surface area contributed by atoms with Crippen molar-refractivity contribution in [2.24, 2.45) is 0 Å². The van der Waals surface area contributed by atoms with E-state index in [0.29, 0.717) is 0 Å². The number of hydrogen-bond acceptors (Lipinski definition) is 9. The van der Waals surface area contributed by atoms with Gasteiger partial charge in [0.1, 0.15) is 33.8 Å². The second kappa shape index (κ2) is 31.6. The van der Waals surface area contributed by atoms with Crippen molar-refractivity contribution in [2.45, 2.75) is 11.3 Å². The highest BCUT2D eigenvalue weighted by molar-refractivity contribution is 7.27. The second-order valence-electron chi connectivity index (χ2n) is 35.9. The molecule has 9 heteroatoms. The Kier molecular flexibility index (Phi) is 18.2. The first kappa shape index (κ1) is 78.7. The molecule has 0 fully saturated rings. The van der Waals surface area contributed by atoms with Crippen LogP contribution in [0.5, 0.6) is 11.5 Å². The lowest BCUT2D eigenvalue weighted by molar-refractivity contribution is 0.436. The standard InChI is InChI=1S/C128H79N3O3S3/c1-8-34-79(35-9-1)84-71-110(123-98-51-25-30-60-117(98)135-119(123)73-84)129(87-42-16-5-17-43-87)90-63-66-106-114(77-90)132-115-78-91(130(88-44-18-6-19-45-88)111-72-85(80-36-10-2-11-37-80)74-120-124(111)99-52-26-31-61-118(99)136-120)64-67-107(115)128(106)105-65-62-83(121(82-40-14-4-15-41-82)86-69-102-95-50-24-29-59-116(95)137-127(102)103(70-86)97-54-32-53-96-93-48-22-27-57-112(93)133-125(96)97)68-104(105)122-108(128)55-33-56-109(122)131(89-46-20-7-21-47-89)92-75-100(81-38-12-3-13-39-81)126-101(76-92)94-49-23-28-58-113(94)134-126/h1-78,121H.